The molecule has 1 fully saturated rings. The summed E-state index contributed by atoms with van der Waals surface area (Å²) in [6.07, 6.45) is 3.41. The molecule has 4 nitrogen and oxygen atoms in total. The molecule has 1 amide bonds. The third kappa shape index (κ3) is 2.24. The number of ether oxygens (including phenoxy) is 1. The standard InChI is InChI=1S/C15H19NO3S/c1-9-7-16(8-11(9)15(18)19-2)14(17)13-6-10-4-3-5-12(10)20-13/h6,9,11H,3-5,7-8H2,1-2H3. The molecule has 20 heavy (non-hydrogen) atoms. The van der Waals surface area contributed by atoms with E-state index in [1.54, 1.807) is 16.2 Å². The van der Waals surface area contributed by atoms with Crippen LogP contribution in [0.3, 0.4) is 0 Å². The van der Waals surface area contributed by atoms with Gasteiger partial charge in [-0.25, -0.2) is 0 Å². The molecule has 1 aliphatic carbocycles. The summed E-state index contributed by atoms with van der Waals surface area (Å²) in [5, 5.41) is 0. The number of hydrogen-bond donors (Lipinski definition) is 0. The number of carbonyl (C=O) groups is 2. The molecule has 1 aromatic heterocycles. The van der Waals surface area contributed by atoms with E-state index in [-0.39, 0.29) is 23.7 Å². The maximum absolute atomic E-state index is 12.5. The lowest BCUT2D eigenvalue weighted by Crippen LogP contribution is -2.29. The zero-order valence-electron chi connectivity index (χ0n) is 11.8. The highest BCUT2D eigenvalue weighted by molar-refractivity contribution is 7.14. The van der Waals surface area contributed by atoms with E-state index in [2.05, 4.69) is 0 Å². The van der Waals surface area contributed by atoms with E-state index in [9.17, 15) is 9.59 Å². The second kappa shape index (κ2) is 5.20. The van der Waals surface area contributed by atoms with E-state index in [1.165, 1.54) is 24.0 Å². The van der Waals surface area contributed by atoms with E-state index in [4.69, 9.17) is 4.74 Å². The van der Waals surface area contributed by atoms with Crippen LogP contribution in [-0.2, 0) is 22.4 Å². The van der Waals surface area contributed by atoms with Crippen molar-refractivity contribution in [2.24, 2.45) is 11.8 Å². The molecule has 108 valence electrons. The van der Waals surface area contributed by atoms with Gasteiger partial charge in [0.25, 0.3) is 5.91 Å². The molecule has 5 heteroatoms. The first kappa shape index (κ1) is 13.6. The number of amides is 1. The maximum Gasteiger partial charge on any atom is 0.310 e. The zero-order valence-corrected chi connectivity index (χ0v) is 12.7. The van der Waals surface area contributed by atoms with Crippen molar-refractivity contribution in [1.29, 1.82) is 0 Å². The van der Waals surface area contributed by atoms with Crippen molar-refractivity contribution in [3.8, 4) is 0 Å². The molecule has 2 unspecified atom stereocenters. The average molecular weight is 293 g/mol. The summed E-state index contributed by atoms with van der Waals surface area (Å²) >= 11 is 1.63. The monoisotopic (exact) mass is 293 g/mol. The molecule has 0 aromatic carbocycles. The van der Waals surface area contributed by atoms with Crippen molar-refractivity contribution in [1.82, 2.24) is 4.90 Å². The fourth-order valence-corrected chi connectivity index (χ4v) is 4.40. The summed E-state index contributed by atoms with van der Waals surface area (Å²) in [5.41, 5.74) is 1.34. The number of likely N-dealkylation sites (tertiary alicyclic amines) is 1. The Morgan fingerprint density at radius 1 is 1.35 bits per heavy atom. The van der Waals surface area contributed by atoms with Crippen molar-refractivity contribution >= 4 is 23.2 Å². The van der Waals surface area contributed by atoms with E-state index in [0.29, 0.717) is 13.1 Å². The average Bonchev–Trinajstić information content (AvgIpc) is 3.10. The summed E-state index contributed by atoms with van der Waals surface area (Å²) in [6, 6.07) is 2.05. The Bertz CT molecular complexity index is 530. The SMILES string of the molecule is COC(=O)C1CN(C(=O)c2cc3c(s2)CCC3)CC1C. The number of carbonyl (C=O) groups excluding carboxylic acids is 2. The molecule has 0 saturated carbocycles. The molecule has 1 aromatic rings. The van der Waals surface area contributed by atoms with Gasteiger partial charge < -0.3 is 9.64 Å². The van der Waals surface area contributed by atoms with E-state index in [1.807, 2.05) is 13.0 Å². The molecular formula is C15H19NO3S. The highest BCUT2D eigenvalue weighted by atomic mass is 32.1. The number of aryl methyl sites for hydroxylation is 2. The number of hydrogen-bond acceptors (Lipinski definition) is 4. The topological polar surface area (TPSA) is 46.6 Å². The molecule has 2 aliphatic rings. The Kier molecular flexibility index (Phi) is 3.54. The van der Waals surface area contributed by atoms with Crippen LogP contribution in [0, 0.1) is 11.8 Å². The summed E-state index contributed by atoms with van der Waals surface area (Å²) < 4.78 is 4.81. The van der Waals surface area contributed by atoms with Crippen LogP contribution in [0.15, 0.2) is 6.07 Å². The van der Waals surface area contributed by atoms with Gasteiger partial charge in [-0.1, -0.05) is 6.92 Å². The van der Waals surface area contributed by atoms with E-state index < -0.39 is 0 Å². The highest BCUT2D eigenvalue weighted by Gasteiger charge is 2.38. The van der Waals surface area contributed by atoms with Gasteiger partial charge in [0.15, 0.2) is 0 Å². The number of methoxy groups -OCH3 is 1. The lowest BCUT2D eigenvalue weighted by atomic mass is 9.99. The molecule has 2 heterocycles. The highest BCUT2D eigenvalue weighted by Crippen LogP contribution is 2.33. The normalized spacial score (nSPS) is 24.8. The third-order valence-electron chi connectivity index (χ3n) is 4.36. The van der Waals surface area contributed by atoms with Gasteiger partial charge in [0.05, 0.1) is 17.9 Å². The predicted molar refractivity (Wildman–Crippen MR) is 76.9 cm³/mol. The van der Waals surface area contributed by atoms with Crippen LogP contribution >= 0.6 is 11.3 Å². The predicted octanol–water partition coefficient (Wildman–Crippen LogP) is 2.12. The second-order valence-electron chi connectivity index (χ2n) is 5.73. The van der Waals surface area contributed by atoms with Gasteiger partial charge in [-0.15, -0.1) is 11.3 Å². The Morgan fingerprint density at radius 3 is 2.85 bits per heavy atom. The van der Waals surface area contributed by atoms with Gasteiger partial charge in [-0.3, -0.25) is 9.59 Å². The van der Waals surface area contributed by atoms with Gasteiger partial charge in [-0.05, 0) is 36.8 Å². The molecule has 1 saturated heterocycles. The quantitative estimate of drug-likeness (QED) is 0.785. The first-order chi connectivity index (χ1) is 9.60. The summed E-state index contributed by atoms with van der Waals surface area (Å²) in [5.74, 6) is -0.155. The lowest BCUT2D eigenvalue weighted by molar-refractivity contribution is -0.146. The van der Waals surface area contributed by atoms with Crippen LogP contribution in [0.4, 0.5) is 0 Å². The number of thiophene rings is 1. The smallest absolute Gasteiger partial charge is 0.310 e. The van der Waals surface area contributed by atoms with Crippen LogP contribution in [0.25, 0.3) is 0 Å². The largest absolute Gasteiger partial charge is 0.469 e. The summed E-state index contributed by atoms with van der Waals surface area (Å²) in [4.78, 5) is 28.2. The fraction of sp³-hybridized carbons (Fsp3) is 0.600. The van der Waals surface area contributed by atoms with Crippen LogP contribution in [0.5, 0.6) is 0 Å². The minimum Gasteiger partial charge on any atom is -0.469 e. The molecular weight excluding hydrogens is 274 g/mol. The zero-order chi connectivity index (χ0) is 14.3. The molecule has 0 radical (unpaired) electrons. The van der Waals surface area contributed by atoms with Crippen LogP contribution in [0.2, 0.25) is 0 Å². The summed E-state index contributed by atoms with van der Waals surface area (Å²) in [7, 11) is 1.41. The molecule has 0 N–H and O–H groups in total. The second-order valence-corrected chi connectivity index (χ2v) is 6.87. The van der Waals surface area contributed by atoms with Gasteiger partial charge in [0.1, 0.15) is 0 Å². The van der Waals surface area contributed by atoms with Crippen molar-refractivity contribution < 1.29 is 14.3 Å². The van der Waals surface area contributed by atoms with Crippen LogP contribution in [0.1, 0.15) is 33.5 Å². The molecule has 3 rings (SSSR count). The van der Waals surface area contributed by atoms with Crippen molar-refractivity contribution in [3.05, 3.63) is 21.4 Å². The van der Waals surface area contributed by atoms with Crippen LogP contribution < -0.4 is 0 Å². The first-order valence-corrected chi connectivity index (χ1v) is 7.90. The Morgan fingerprint density at radius 2 is 2.15 bits per heavy atom. The Balaban J connectivity index is 1.73. The molecule has 0 spiro atoms. The number of nitrogens with zero attached hydrogens (tertiary/aromatic N) is 1. The van der Waals surface area contributed by atoms with Crippen molar-refractivity contribution in [3.63, 3.8) is 0 Å². The Hall–Kier alpha value is -1.36. The van der Waals surface area contributed by atoms with Crippen LogP contribution in [-0.4, -0.2) is 37.0 Å². The van der Waals surface area contributed by atoms with Crippen molar-refractivity contribution in [2.45, 2.75) is 26.2 Å². The minimum atomic E-state index is -0.207. The van der Waals surface area contributed by atoms with E-state index in [0.717, 1.165) is 17.7 Å². The van der Waals surface area contributed by atoms with Gasteiger partial charge in [0.2, 0.25) is 0 Å². The minimum absolute atomic E-state index is 0.0719. The van der Waals surface area contributed by atoms with Gasteiger partial charge in [-0.2, -0.15) is 0 Å². The van der Waals surface area contributed by atoms with Gasteiger partial charge in [0, 0.05) is 18.0 Å². The molecule has 1 aliphatic heterocycles. The lowest BCUT2D eigenvalue weighted by Gasteiger charge is -2.14. The third-order valence-corrected chi connectivity index (χ3v) is 5.59. The number of rotatable bonds is 2. The van der Waals surface area contributed by atoms with E-state index >= 15 is 0 Å². The summed E-state index contributed by atoms with van der Waals surface area (Å²) in [6.45, 7) is 3.12. The fourth-order valence-electron chi connectivity index (χ4n) is 3.18. The first-order valence-electron chi connectivity index (χ1n) is 7.09. The Labute approximate surface area is 122 Å². The number of fused-ring (bicyclic) bond motifs is 1. The van der Waals surface area contributed by atoms with Gasteiger partial charge >= 0.3 is 5.97 Å². The number of esters is 1. The maximum atomic E-state index is 12.5. The van der Waals surface area contributed by atoms with Crippen molar-refractivity contribution in [2.75, 3.05) is 20.2 Å². The molecule has 0 bridgehead atoms. The molecule has 2 atom stereocenters.